The van der Waals surface area contributed by atoms with Gasteiger partial charge in [-0.25, -0.2) is 0 Å². The summed E-state index contributed by atoms with van der Waals surface area (Å²) < 4.78 is 11.1. The Balaban J connectivity index is 0.00000338. The lowest BCUT2D eigenvalue weighted by Crippen LogP contribution is -2.23. The molecule has 0 bridgehead atoms. The van der Waals surface area contributed by atoms with Crippen molar-refractivity contribution in [2.75, 3.05) is 19.5 Å². The second-order valence-corrected chi connectivity index (χ2v) is 5.94. The highest BCUT2D eigenvalue weighted by Gasteiger charge is 2.10. The molecule has 0 radical (unpaired) electrons. The zero-order valence-corrected chi connectivity index (χ0v) is 16.3. The Labute approximate surface area is 161 Å². The normalized spacial score (nSPS) is 9.96. The van der Waals surface area contributed by atoms with E-state index >= 15 is 0 Å². The number of hydrogen-bond donors (Lipinski definition) is 2. The number of nitrogens with one attached hydrogen (secondary N) is 1. The van der Waals surface area contributed by atoms with E-state index in [-0.39, 0.29) is 18.3 Å². The number of nitrogens with two attached hydrogens (primary N) is 1. The van der Waals surface area contributed by atoms with E-state index in [1.807, 2.05) is 31.2 Å². The fraction of sp³-hybridized carbons (Fsp3) is 0.350. The van der Waals surface area contributed by atoms with Gasteiger partial charge in [-0.2, -0.15) is 0 Å². The van der Waals surface area contributed by atoms with Crippen LogP contribution in [0.15, 0.2) is 36.4 Å². The van der Waals surface area contributed by atoms with E-state index in [4.69, 9.17) is 15.2 Å². The van der Waals surface area contributed by atoms with Gasteiger partial charge in [0.05, 0.1) is 13.7 Å². The summed E-state index contributed by atoms with van der Waals surface area (Å²) in [5, 5.41) is 2.92. The number of anilines is 1. The van der Waals surface area contributed by atoms with Crippen molar-refractivity contribution >= 4 is 24.0 Å². The lowest BCUT2D eigenvalue weighted by atomic mass is 10.1. The van der Waals surface area contributed by atoms with Crippen molar-refractivity contribution < 1.29 is 14.3 Å². The molecule has 0 aliphatic carbocycles. The molecule has 3 N–H and O–H groups in total. The zero-order valence-electron chi connectivity index (χ0n) is 15.5. The molecule has 6 heteroatoms. The fourth-order valence-electron chi connectivity index (χ4n) is 2.43. The smallest absolute Gasteiger partial charge is 0.251 e. The first-order chi connectivity index (χ1) is 12.0. The molecule has 0 heterocycles. The molecule has 26 heavy (non-hydrogen) atoms. The number of hydrogen-bond acceptors (Lipinski definition) is 4. The Morgan fingerprint density at radius 2 is 1.92 bits per heavy atom. The van der Waals surface area contributed by atoms with Crippen LogP contribution in [-0.2, 0) is 6.54 Å². The van der Waals surface area contributed by atoms with E-state index in [0.717, 1.165) is 29.7 Å². The van der Waals surface area contributed by atoms with Gasteiger partial charge in [-0.1, -0.05) is 25.5 Å². The van der Waals surface area contributed by atoms with E-state index in [1.54, 1.807) is 19.2 Å². The SMILES string of the molecule is CCCCOc1ccc(CNC(=O)c2cc(N)ccc2C)cc1OC.Cl. The van der Waals surface area contributed by atoms with Crippen LogP contribution >= 0.6 is 12.4 Å². The maximum atomic E-state index is 12.4. The molecule has 0 unspecified atom stereocenters. The minimum Gasteiger partial charge on any atom is -0.493 e. The molecule has 0 aliphatic rings. The van der Waals surface area contributed by atoms with Crippen LogP contribution in [0.5, 0.6) is 11.5 Å². The number of carbonyl (C=O) groups is 1. The number of nitrogen functional groups attached to an aromatic ring is 1. The first-order valence-electron chi connectivity index (χ1n) is 8.49. The van der Waals surface area contributed by atoms with Crippen LogP contribution in [0.4, 0.5) is 5.69 Å². The van der Waals surface area contributed by atoms with Gasteiger partial charge in [-0.3, -0.25) is 4.79 Å². The Morgan fingerprint density at radius 3 is 2.62 bits per heavy atom. The maximum absolute atomic E-state index is 12.4. The van der Waals surface area contributed by atoms with Crippen molar-refractivity contribution in [2.24, 2.45) is 0 Å². The van der Waals surface area contributed by atoms with Crippen molar-refractivity contribution in [1.82, 2.24) is 5.32 Å². The zero-order chi connectivity index (χ0) is 18.2. The van der Waals surface area contributed by atoms with Crippen LogP contribution in [0, 0.1) is 6.92 Å². The number of ether oxygens (including phenoxy) is 2. The number of rotatable bonds is 8. The Morgan fingerprint density at radius 1 is 1.15 bits per heavy atom. The summed E-state index contributed by atoms with van der Waals surface area (Å²) in [7, 11) is 1.61. The monoisotopic (exact) mass is 378 g/mol. The molecular formula is C20H27ClN2O3. The Hall–Kier alpha value is -2.40. The first-order valence-corrected chi connectivity index (χ1v) is 8.49. The summed E-state index contributed by atoms with van der Waals surface area (Å²) in [6, 6.07) is 11.0. The number of benzene rings is 2. The molecule has 2 rings (SSSR count). The third-order valence-corrected chi connectivity index (χ3v) is 3.94. The average molecular weight is 379 g/mol. The number of unbranched alkanes of at least 4 members (excludes halogenated alkanes) is 1. The van der Waals surface area contributed by atoms with E-state index in [1.165, 1.54) is 0 Å². The number of methoxy groups -OCH3 is 1. The predicted molar refractivity (Wildman–Crippen MR) is 107 cm³/mol. The Kier molecular flexibility index (Phi) is 8.79. The number of aryl methyl sites for hydroxylation is 1. The molecule has 2 aromatic rings. The summed E-state index contributed by atoms with van der Waals surface area (Å²) >= 11 is 0. The summed E-state index contributed by atoms with van der Waals surface area (Å²) in [6.07, 6.45) is 2.08. The average Bonchev–Trinajstić information content (AvgIpc) is 2.62. The fourth-order valence-corrected chi connectivity index (χ4v) is 2.43. The molecule has 0 spiro atoms. The van der Waals surface area contributed by atoms with Crippen molar-refractivity contribution in [3.63, 3.8) is 0 Å². The molecule has 5 nitrogen and oxygen atoms in total. The van der Waals surface area contributed by atoms with Gasteiger partial charge in [0, 0.05) is 17.8 Å². The number of amides is 1. The third-order valence-electron chi connectivity index (χ3n) is 3.94. The highest BCUT2D eigenvalue weighted by atomic mass is 35.5. The van der Waals surface area contributed by atoms with Crippen LogP contribution in [0.2, 0.25) is 0 Å². The van der Waals surface area contributed by atoms with Gasteiger partial charge < -0.3 is 20.5 Å². The molecular weight excluding hydrogens is 352 g/mol. The van der Waals surface area contributed by atoms with Crippen molar-refractivity contribution in [1.29, 1.82) is 0 Å². The number of halogens is 1. The second kappa shape index (κ2) is 10.6. The van der Waals surface area contributed by atoms with Crippen LogP contribution < -0.4 is 20.5 Å². The van der Waals surface area contributed by atoms with E-state index in [9.17, 15) is 4.79 Å². The minimum absolute atomic E-state index is 0. The molecule has 0 fully saturated rings. The maximum Gasteiger partial charge on any atom is 0.251 e. The van der Waals surface area contributed by atoms with Gasteiger partial charge >= 0.3 is 0 Å². The quantitative estimate of drug-likeness (QED) is 0.535. The van der Waals surface area contributed by atoms with Crippen LogP contribution in [0.1, 0.15) is 41.3 Å². The van der Waals surface area contributed by atoms with Crippen LogP contribution in [0.25, 0.3) is 0 Å². The molecule has 2 aromatic carbocycles. The topological polar surface area (TPSA) is 73.6 Å². The van der Waals surface area contributed by atoms with Crippen LogP contribution in [-0.4, -0.2) is 19.6 Å². The first kappa shape index (κ1) is 21.6. The lowest BCUT2D eigenvalue weighted by Gasteiger charge is -2.13. The van der Waals surface area contributed by atoms with Gasteiger partial charge in [0.25, 0.3) is 5.91 Å². The molecule has 0 saturated heterocycles. The molecule has 1 amide bonds. The molecule has 0 aromatic heterocycles. The second-order valence-electron chi connectivity index (χ2n) is 5.94. The lowest BCUT2D eigenvalue weighted by molar-refractivity contribution is 0.0950. The summed E-state index contributed by atoms with van der Waals surface area (Å²) in [6.45, 7) is 5.07. The predicted octanol–water partition coefficient (Wildman–Crippen LogP) is 4.12. The summed E-state index contributed by atoms with van der Waals surface area (Å²) in [4.78, 5) is 12.4. The molecule has 0 saturated carbocycles. The van der Waals surface area contributed by atoms with Gasteiger partial charge in [0.2, 0.25) is 0 Å². The highest BCUT2D eigenvalue weighted by Crippen LogP contribution is 2.28. The van der Waals surface area contributed by atoms with Gasteiger partial charge in [0.1, 0.15) is 0 Å². The van der Waals surface area contributed by atoms with E-state index in [0.29, 0.717) is 30.2 Å². The van der Waals surface area contributed by atoms with Gasteiger partial charge in [0.15, 0.2) is 11.5 Å². The van der Waals surface area contributed by atoms with Gasteiger partial charge in [-0.15, -0.1) is 12.4 Å². The van der Waals surface area contributed by atoms with Crippen molar-refractivity contribution in [3.8, 4) is 11.5 Å². The van der Waals surface area contributed by atoms with Crippen molar-refractivity contribution in [3.05, 3.63) is 53.1 Å². The Bertz CT molecular complexity index is 735. The van der Waals surface area contributed by atoms with E-state index < -0.39 is 0 Å². The van der Waals surface area contributed by atoms with E-state index in [2.05, 4.69) is 12.2 Å². The molecule has 0 aliphatic heterocycles. The molecule has 142 valence electrons. The van der Waals surface area contributed by atoms with Crippen LogP contribution in [0.3, 0.4) is 0 Å². The largest absolute Gasteiger partial charge is 0.493 e. The summed E-state index contributed by atoms with van der Waals surface area (Å²) in [5.41, 5.74) is 8.76. The standard InChI is InChI=1S/C20H26N2O3.ClH/c1-4-5-10-25-18-9-7-15(11-19(18)24-3)13-22-20(23)17-12-16(21)8-6-14(17)2;/h6-9,11-12H,4-5,10,13,21H2,1-3H3,(H,22,23);1H. The highest BCUT2D eigenvalue weighted by molar-refractivity contribution is 5.96. The van der Waals surface area contributed by atoms with Gasteiger partial charge in [-0.05, 0) is 48.7 Å². The van der Waals surface area contributed by atoms with Crippen molar-refractivity contribution in [2.45, 2.75) is 33.2 Å². The third kappa shape index (κ3) is 5.85. The summed E-state index contributed by atoms with van der Waals surface area (Å²) in [5.74, 6) is 1.24. The number of carbonyl (C=O) groups excluding carboxylic acids is 1. The molecule has 0 atom stereocenters. The minimum atomic E-state index is -0.146.